The molecule has 0 aliphatic heterocycles. The first-order valence-corrected chi connectivity index (χ1v) is 7.23. The molecule has 2 heterocycles. The fourth-order valence-electron chi connectivity index (χ4n) is 2.39. The van der Waals surface area contributed by atoms with Gasteiger partial charge in [0.2, 0.25) is 0 Å². The molecule has 122 valence electrons. The molecule has 0 atom stereocenters. The average molecular weight is 345 g/mol. The molecule has 0 aliphatic carbocycles. The smallest absolute Gasteiger partial charge is 0.266 e. The Morgan fingerprint density at radius 2 is 1.75 bits per heavy atom. The van der Waals surface area contributed by atoms with Crippen LogP contribution in [0.2, 0.25) is 0 Å². The van der Waals surface area contributed by atoms with Crippen molar-refractivity contribution in [3.8, 4) is 0 Å². The number of hydrogen-bond donors (Lipinski definition) is 1. The summed E-state index contributed by atoms with van der Waals surface area (Å²) in [6.45, 7) is 3.17. The predicted molar refractivity (Wildman–Crippen MR) is 88.6 cm³/mol. The molecule has 0 saturated carbocycles. The fraction of sp³-hybridized carbons (Fsp3) is 0.143. The number of thiol groups is 1. The van der Waals surface area contributed by atoms with Crippen LogP contribution < -0.4 is 11.1 Å². The molecule has 0 saturated heterocycles. The molecule has 10 heteroatoms. The molecule has 24 heavy (non-hydrogen) atoms. The Balaban J connectivity index is 2.13. The lowest BCUT2D eigenvalue weighted by Gasteiger charge is -1.93. The molecule has 0 unspecified atom stereocenters. The minimum absolute atomic E-state index is 0.00459. The zero-order valence-corrected chi connectivity index (χ0v) is 13.5. The fourth-order valence-corrected chi connectivity index (χ4v) is 2.58. The van der Waals surface area contributed by atoms with Crippen LogP contribution >= 0.6 is 12.6 Å². The highest BCUT2D eigenvalue weighted by molar-refractivity contribution is 7.80. The van der Waals surface area contributed by atoms with E-state index in [1.54, 1.807) is 13.8 Å². The van der Waals surface area contributed by atoms with E-state index in [1.807, 2.05) is 0 Å². The number of benzene rings is 1. The van der Waals surface area contributed by atoms with Gasteiger partial charge in [-0.2, -0.15) is 5.11 Å². The van der Waals surface area contributed by atoms with Crippen molar-refractivity contribution >= 4 is 29.7 Å². The monoisotopic (exact) mass is 345 g/mol. The maximum absolute atomic E-state index is 12.4. The third kappa shape index (κ3) is 2.27. The summed E-state index contributed by atoms with van der Waals surface area (Å²) in [5.41, 5.74) is -0.0922. The number of nitrogens with zero attached hydrogens (tertiary/aromatic N) is 5. The Bertz CT molecular complexity index is 1110. The summed E-state index contributed by atoms with van der Waals surface area (Å²) in [5.74, 6) is 0. The highest BCUT2D eigenvalue weighted by atomic mass is 32.1. The van der Waals surface area contributed by atoms with Gasteiger partial charge in [0.25, 0.3) is 16.8 Å². The van der Waals surface area contributed by atoms with Crippen LogP contribution in [0.25, 0.3) is 0 Å². The van der Waals surface area contributed by atoms with E-state index in [-0.39, 0.29) is 22.0 Å². The Kier molecular flexibility index (Phi) is 3.68. The summed E-state index contributed by atoms with van der Waals surface area (Å²) in [7, 11) is 0. The van der Waals surface area contributed by atoms with Gasteiger partial charge in [0.15, 0.2) is 5.69 Å². The quantitative estimate of drug-likeness (QED) is 0.340. The third-order valence-corrected chi connectivity index (χ3v) is 4.13. The van der Waals surface area contributed by atoms with Crippen LogP contribution in [0.3, 0.4) is 0 Å². The second-order valence-corrected chi connectivity index (χ2v) is 5.53. The van der Waals surface area contributed by atoms with Gasteiger partial charge in [-0.3, -0.25) is 19.7 Å². The van der Waals surface area contributed by atoms with E-state index in [0.717, 1.165) is 0 Å². The van der Waals surface area contributed by atoms with E-state index in [2.05, 4.69) is 22.9 Å². The van der Waals surface area contributed by atoms with Gasteiger partial charge < -0.3 is 0 Å². The lowest BCUT2D eigenvalue weighted by molar-refractivity contribution is -0.384. The lowest BCUT2D eigenvalue weighted by atomic mass is 10.3. The van der Waals surface area contributed by atoms with E-state index in [4.69, 9.17) is 0 Å². The summed E-state index contributed by atoms with van der Waals surface area (Å²) in [6.07, 6.45) is 0. The highest BCUT2D eigenvalue weighted by Crippen LogP contribution is 2.23. The number of aromatic nitrogens is 2. The van der Waals surface area contributed by atoms with Crippen LogP contribution in [-0.2, 0) is 0 Å². The molecule has 0 fully saturated rings. The van der Waals surface area contributed by atoms with Crippen LogP contribution in [0.15, 0.2) is 49.0 Å². The Labute approximate surface area is 139 Å². The number of aryl methyl sites for hydroxylation is 2. The van der Waals surface area contributed by atoms with Gasteiger partial charge in [-0.05, 0) is 19.9 Å². The molecular weight excluding hydrogens is 334 g/mol. The minimum atomic E-state index is -0.549. The number of fused-ring (bicyclic) bond motifs is 1. The first kappa shape index (κ1) is 15.9. The van der Waals surface area contributed by atoms with Crippen LogP contribution in [-0.4, -0.2) is 14.0 Å². The highest BCUT2D eigenvalue weighted by Gasteiger charge is 2.20. The molecule has 0 aliphatic rings. The van der Waals surface area contributed by atoms with Crippen LogP contribution in [0.4, 0.5) is 17.1 Å². The van der Waals surface area contributed by atoms with Gasteiger partial charge in [0.05, 0.1) is 26.9 Å². The minimum Gasteiger partial charge on any atom is -0.266 e. The van der Waals surface area contributed by atoms with Crippen molar-refractivity contribution in [2.75, 3.05) is 0 Å². The number of non-ortho nitro benzene ring substituents is 1. The Morgan fingerprint density at radius 3 is 2.38 bits per heavy atom. The first-order valence-electron chi connectivity index (χ1n) is 6.78. The predicted octanol–water partition coefficient (Wildman–Crippen LogP) is 2.43. The van der Waals surface area contributed by atoms with E-state index in [9.17, 15) is 19.7 Å². The lowest BCUT2D eigenvalue weighted by Crippen LogP contribution is -2.15. The molecule has 0 amide bonds. The molecule has 0 bridgehead atoms. The molecule has 3 aromatic rings. The summed E-state index contributed by atoms with van der Waals surface area (Å²) in [6, 6.07) is 5.56. The second-order valence-electron chi connectivity index (χ2n) is 5.08. The van der Waals surface area contributed by atoms with E-state index in [1.165, 1.54) is 33.3 Å². The molecule has 9 nitrogen and oxygen atoms in total. The SMILES string of the molecule is Cc1c(N=Nc2cccc([N+](=O)[O-])c2)c(=O)n2c(C)c(S)c(=O)n12. The largest absolute Gasteiger partial charge is 0.299 e. The van der Waals surface area contributed by atoms with Gasteiger partial charge in [0, 0.05) is 12.1 Å². The van der Waals surface area contributed by atoms with Crippen LogP contribution in [0.5, 0.6) is 0 Å². The number of nitro groups is 1. The van der Waals surface area contributed by atoms with E-state index >= 15 is 0 Å². The molecule has 0 radical (unpaired) electrons. The van der Waals surface area contributed by atoms with Crippen molar-refractivity contribution < 1.29 is 4.92 Å². The normalized spacial score (nSPS) is 11.6. The number of hydrogen-bond acceptors (Lipinski definition) is 7. The number of rotatable bonds is 3. The molecule has 0 spiro atoms. The second kappa shape index (κ2) is 5.57. The van der Waals surface area contributed by atoms with Crippen LogP contribution in [0.1, 0.15) is 11.4 Å². The van der Waals surface area contributed by atoms with Gasteiger partial charge in [-0.1, -0.05) is 6.07 Å². The molecule has 3 rings (SSSR count). The average Bonchev–Trinajstić information content (AvgIpc) is 2.94. The standard InChI is InChI=1S/C14H11N5O4S/c1-7-11(13(20)18-8(2)12(24)14(21)17(7)18)16-15-9-4-3-5-10(6-9)19(22)23/h3-6,24H,1-2H3. The number of nitro benzene ring substituents is 1. The summed E-state index contributed by atoms with van der Waals surface area (Å²) in [4.78, 5) is 35.0. The molecule has 1 aromatic carbocycles. The van der Waals surface area contributed by atoms with Crippen molar-refractivity contribution in [1.82, 2.24) is 9.03 Å². The van der Waals surface area contributed by atoms with Crippen molar-refractivity contribution in [2.45, 2.75) is 18.7 Å². The van der Waals surface area contributed by atoms with Crippen molar-refractivity contribution in [2.24, 2.45) is 10.2 Å². The Hall–Kier alpha value is -3.01. The molecular formula is C14H11N5O4S. The maximum Gasteiger partial charge on any atom is 0.299 e. The van der Waals surface area contributed by atoms with Crippen molar-refractivity contribution in [3.05, 3.63) is 66.5 Å². The molecule has 2 aromatic heterocycles. The third-order valence-electron chi connectivity index (χ3n) is 3.62. The van der Waals surface area contributed by atoms with Gasteiger partial charge in [-0.15, -0.1) is 17.7 Å². The summed E-state index contributed by atoms with van der Waals surface area (Å²) < 4.78 is 2.36. The van der Waals surface area contributed by atoms with Gasteiger partial charge in [-0.25, -0.2) is 9.03 Å². The topological polar surface area (TPSA) is 111 Å². The van der Waals surface area contributed by atoms with Gasteiger partial charge in [0.1, 0.15) is 0 Å². The van der Waals surface area contributed by atoms with Crippen molar-refractivity contribution in [1.29, 1.82) is 0 Å². The maximum atomic E-state index is 12.4. The summed E-state index contributed by atoms with van der Waals surface area (Å²) >= 11 is 4.09. The van der Waals surface area contributed by atoms with Crippen molar-refractivity contribution in [3.63, 3.8) is 0 Å². The van der Waals surface area contributed by atoms with E-state index in [0.29, 0.717) is 11.4 Å². The van der Waals surface area contributed by atoms with E-state index < -0.39 is 16.0 Å². The Morgan fingerprint density at radius 1 is 1.08 bits per heavy atom. The number of azo groups is 1. The molecule has 0 N–H and O–H groups in total. The van der Waals surface area contributed by atoms with Crippen LogP contribution in [0, 0.1) is 24.0 Å². The zero-order valence-electron chi connectivity index (χ0n) is 12.6. The van der Waals surface area contributed by atoms with Gasteiger partial charge >= 0.3 is 0 Å². The zero-order chi connectivity index (χ0) is 17.6. The first-order chi connectivity index (χ1) is 11.3. The summed E-state index contributed by atoms with van der Waals surface area (Å²) in [5, 5.41) is 18.5.